The number of hydrogen-bond acceptors (Lipinski definition) is 3. The molecular weight excluding hydrogens is 266 g/mol. The molecule has 0 spiro atoms. The Morgan fingerprint density at radius 3 is 2.62 bits per heavy atom. The van der Waals surface area contributed by atoms with E-state index in [2.05, 4.69) is 27.9 Å². The summed E-state index contributed by atoms with van der Waals surface area (Å²) in [5.41, 5.74) is 1.19. The third-order valence-electron chi connectivity index (χ3n) is 3.16. The second kappa shape index (κ2) is 8.89. The molecule has 0 saturated carbocycles. The Bertz CT molecular complexity index is 486. The third-order valence-corrected chi connectivity index (χ3v) is 3.16. The lowest BCUT2D eigenvalue weighted by Crippen LogP contribution is -2.39. The minimum absolute atomic E-state index is 0.702. The van der Waals surface area contributed by atoms with Crippen molar-refractivity contribution in [3.05, 3.63) is 36.4 Å². The van der Waals surface area contributed by atoms with E-state index in [0.29, 0.717) is 6.54 Å². The van der Waals surface area contributed by atoms with Crippen molar-refractivity contribution in [3.63, 3.8) is 0 Å². The van der Waals surface area contributed by atoms with Crippen LogP contribution in [0.3, 0.4) is 0 Å². The van der Waals surface area contributed by atoms with Gasteiger partial charge < -0.3 is 19.7 Å². The van der Waals surface area contributed by atoms with Crippen molar-refractivity contribution in [2.24, 2.45) is 4.99 Å². The van der Waals surface area contributed by atoms with Crippen molar-refractivity contribution < 1.29 is 9.47 Å². The highest BCUT2D eigenvalue weighted by Gasteiger charge is 2.07. The third kappa shape index (κ3) is 5.02. The normalized spacial score (nSPS) is 11.0. The van der Waals surface area contributed by atoms with Crippen molar-refractivity contribution in [3.8, 4) is 11.5 Å². The minimum Gasteiger partial charge on any atom is -0.493 e. The molecule has 21 heavy (non-hydrogen) atoms. The molecule has 5 nitrogen and oxygen atoms in total. The van der Waals surface area contributed by atoms with Crippen LogP contribution in [0.5, 0.6) is 11.5 Å². The molecular formula is C16H25N3O2. The van der Waals surface area contributed by atoms with Crippen LogP contribution >= 0.6 is 0 Å². The first-order valence-corrected chi connectivity index (χ1v) is 6.89. The molecule has 1 aromatic carbocycles. The maximum Gasteiger partial charge on any atom is 0.193 e. The monoisotopic (exact) mass is 291 g/mol. The summed E-state index contributed by atoms with van der Waals surface area (Å²) in [6, 6.07) is 5.99. The molecule has 1 N–H and O–H groups in total. The lowest BCUT2D eigenvalue weighted by Gasteiger charge is -2.21. The van der Waals surface area contributed by atoms with Crippen molar-refractivity contribution >= 4 is 5.96 Å². The van der Waals surface area contributed by atoms with Gasteiger partial charge in [-0.1, -0.05) is 12.1 Å². The van der Waals surface area contributed by atoms with E-state index in [1.807, 2.05) is 25.3 Å². The highest BCUT2D eigenvalue weighted by molar-refractivity contribution is 5.79. The largest absolute Gasteiger partial charge is 0.493 e. The van der Waals surface area contributed by atoms with Gasteiger partial charge in [-0.3, -0.25) is 4.99 Å². The van der Waals surface area contributed by atoms with Gasteiger partial charge in [0.25, 0.3) is 0 Å². The van der Waals surface area contributed by atoms with Gasteiger partial charge in [0.05, 0.1) is 14.2 Å². The summed E-state index contributed by atoms with van der Waals surface area (Å²) in [6.07, 6.45) is 2.71. The zero-order valence-electron chi connectivity index (χ0n) is 13.3. The van der Waals surface area contributed by atoms with Gasteiger partial charge >= 0.3 is 0 Å². The Kier molecular flexibility index (Phi) is 7.15. The summed E-state index contributed by atoms with van der Waals surface area (Å²) in [5, 5.41) is 3.21. The van der Waals surface area contributed by atoms with Crippen molar-refractivity contribution in [1.82, 2.24) is 10.2 Å². The van der Waals surface area contributed by atoms with Crippen molar-refractivity contribution in [1.29, 1.82) is 0 Å². The predicted molar refractivity (Wildman–Crippen MR) is 87.4 cm³/mol. The lowest BCUT2D eigenvalue weighted by molar-refractivity contribution is 0.354. The Labute approximate surface area is 127 Å². The van der Waals surface area contributed by atoms with Crippen LogP contribution < -0.4 is 14.8 Å². The molecule has 0 saturated heterocycles. The highest BCUT2D eigenvalue weighted by Crippen LogP contribution is 2.27. The Morgan fingerprint density at radius 2 is 2.05 bits per heavy atom. The zero-order valence-corrected chi connectivity index (χ0v) is 13.3. The van der Waals surface area contributed by atoms with Gasteiger partial charge in [0.2, 0.25) is 0 Å². The molecule has 1 aromatic rings. The minimum atomic E-state index is 0.702. The van der Waals surface area contributed by atoms with Gasteiger partial charge in [-0.15, -0.1) is 6.58 Å². The molecule has 5 heteroatoms. The van der Waals surface area contributed by atoms with Crippen LogP contribution in [0.25, 0.3) is 0 Å². The van der Waals surface area contributed by atoms with E-state index in [1.54, 1.807) is 21.3 Å². The molecule has 0 heterocycles. The number of guanidine groups is 1. The molecule has 0 aromatic heterocycles. The Balaban J connectivity index is 2.63. The summed E-state index contributed by atoms with van der Waals surface area (Å²) in [5.74, 6) is 2.36. The molecule has 0 atom stereocenters. The maximum atomic E-state index is 5.32. The first-order valence-electron chi connectivity index (χ1n) is 6.89. The number of nitrogens with one attached hydrogen (secondary N) is 1. The van der Waals surface area contributed by atoms with Crippen molar-refractivity contribution in [2.45, 2.75) is 6.42 Å². The SMILES string of the molecule is C=CCNC(=NC)N(C)CCc1ccc(OC)c(OC)c1. The summed E-state index contributed by atoms with van der Waals surface area (Å²) in [6.45, 7) is 5.25. The second-order valence-electron chi connectivity index (χ2n) is 4.58. The quantitative estimate of drug-likeness (QED) is 0.474. The zero-order chi connectivity index (χ0) is 15.7. The summed E-state index contributed by atoms with van der Waals surface area (Å²) in [4.78, 5) is 6.32. The lowest BCUT2D eigenvalue weighted by atomic mass is 10.1. The van der Waals surface area contributed by atoms with Crippen LogP contribution in [0.2, 0.25) is 0 Å². The average Bonchev–Trinajstić information content (AvgIpc) is 2.53. The smallest absolute Gasteiger partial charge is 0.193 e. The van der Waals surface area contributed by atoms with Gasteiger partial charge in [-0.2, -0.15) is 0 Å². The topological polar surface area (TPSA) is 46.1 Å². The number of hydrogen-bond donors (Lipinski definition) is 1. The number of ether oxygens (including phenoxy) is 2. The number of nitrogens with zero attached hydrogens (tertiary/aromatic N) is 2. The number of likely N-dealkylation sites (N-methyl/N-ethyl adjacent to an activating group) is 1. The molecule has 0 unspecified atom stereocenters. The fourth-order valence-electron chi connectivity index (χ4n) is 1.99. The van der Waals surface area contributed by atoms with E-state index in [4.69, 9.17) is 9.47 Å². The van der Waals surface area contributed by atoms with E-state index >= 15 is 0 Å². The summed E-state index contributed by atoms with van der Waals surface area (Å²) < 4.78 is 10.6. The molecule has 0 aliphatic carbocycles. The first kappa shape index (κ1) is 16.9. The summed E-state index contributed by atoms with van der Waals surface area (Å²) >= 11 is 0. The highest BCUT2D eigenvalue weighted by atomic mass is 16.5. The van der Waals surface area contributed by atoms with E-state index in [1.165, 1.54) is 5.56 Å². The molecule has 0 fully saturated rings. The van der Waals surface area contributed by atoms with E-state index in [9.17, 15) is 0 Å². The molecule has 1 rings (SSSR count). The van der Waals surface area contributed by atoms with Crippen molar-refractivity contribution in [2.75, 3.05) is 41.4 Å². The van der Waals surface area contributed by atoms with Gasteiger partial charge in [0, 0.05) is 27.2 Å². The van der Waals surface area contributed by atoms with E-state index in [0.717, 1.165) is 30.4 Å². The molecule has 0 bridgehead atoms. The van der Waals surface area contributed by atoms with E-state index in [-0.39, 0.29) is 0 Å². The van der Waals surface area contributed by atoms with Crippen LogP contribution in [-0.2, 0) is 6.42 Å². The number of methoxy groups -OCH3 is 2. The van der Waals surface area contributed by atoms with Crippen LogP contribution in [-0.4, -0.2) is 52.3 Å². The van der Waals surface area contributed by atoms with Gasteiger partial charge in [-0.05, 0) is 24.1 Å². The molecule has 0 amide bonds. The van der Waals surface area contributed by atoms with E-state index < -0.39 is 0 Å². The average molecular weight is 291 g/mol. The van der Waals surface area contributed by atoms with Gasteiger partial charge in [-0.25, -0.2) is 0 Å². The van der Waals surface area contributed by atoms with Crippen LogP contribution in [0.4, 0.5) is 0 Å². The van der Waals surface area contributed by atoms with Gasteiger partial charge in [0.1, 0.15) is 0 Å². The molecule has 0 radical (unpaired) electrons. The number of aliphatic imine (C=N–C) groups is 1. The Hall–Kier alpha value is -2.17. The number of benzene rings is 1. The van der Waals surface area contributed by atoms with Crippen LogP contribution in [0.1, 0.15) is 5.56 Å². The standard InChI is InChI=1S/C16H25N3O2/c1-6-10-18-16(17-2)19(3)11-9-13-7-8-14(20-4)15(12-13)21-5/h6-8,12H,1,9-11H2,2-5H3,(H,17,18). The van der Waals surface area contributed by atoms with Crippen LogP contribution in [0.15, 0.2) is 35.8 Å². The first-order chi connectivity index (χ1) is 10.2. The maximum absolute atomic E-state index is 5.32. The summed E-state index contributed by atoms with van der Waals surface area (Å²) in [7, 11) is 7.08. The van der Waals surface area contributed by atoms with Crippen LogP contribution in [0, 0.1) is 0 Å². The fourth-order valence-corrected chi connectivity index (χ4v) is 1.99. The number of rotatable bonds is 7. The molecule has 116 valence electrons. The second-order valence-corrected chi connectivity index (χ2v) is 4.58. The molecule has 0 aliphatic rings. The van der Waals surface area contributed by atoms with Gasteiger partial charge in [0.15, 0.2) is 17.5 Å². The Morgan fingerprint density at radius 1 is 1.33 bits per heavy atom. The fraction of sp³-hybridized carbons (Fsp3) is 0.438. The predicted octanol–water partition coefficient (Wildman–Crippen LogP) is 1.94. The molecule has 0 aliphatic heterocycles.